The van der Waals surface area contributed by atoms with Crippen LogP contribution in [0.4, 0.5) is 0 Å². The third-order valence-electron chi connectivity index (χ3n) is 1.81. The van der Waals surface area contributed by atoms with E-state index in [1.54, 1.807) is 25.4 Å². The molecule has 0 radical (unpaired) electrons. The van der Waals surface area contributed by atoms with Gasteiger partial charge in [0.05, 0.1) is 11.1 Å². The molecule has 0 amide bonds. The monoisotopic (exact) mass is 269 g/mol. The molecule has 15 heavy (non-hydrogen) atoms. The molecule has 0 aliphatic rings. The van der Waals surface area contributed by atoms with Crippen molar-refractivity contribution in [2.75, 3.05) is 6.61 Å². The SMILES string of the molecule is CCOC(=O)c1nn2cccnc2c1Br. The van der Waals surface area contributed by atoms with Gasteiger partial charge in [0.15, 0.2) is 11.3 Å². The molecule has 0 aliphatic carbocycles. The summed E-state index contributed by atoms with van der Waals surface area (Å²) >= 11 is 3.28. The Bertz CT molecular complexity index is 509. The number of carbonyl (C=O) groups excluding carboxylic acids is 1. The lowest BCUT2D eigenvalue weighted by atomic mass is 10.4. The van der Waals surface area contributed by atoms with Crippen LogP contribution in [-0.4, -0.2) is 27.2 Å². The van der Waals surface area contributed by atoms with Crippen LogP contribution in [0.5, 0.6) is 0 Å². The number of hydrogen-bond acceptors (Lipinski definition) is 4. The summed E-state index contributed by atoms with van der Waals surface area (Å²) < 4.78 is 6.95. The predicted molar refractivity (Wildman–Crippen MR) is 56.6 cm³/mol. The second-order valence-corrected chi connectivity index (χ2v) is 3.56. The Morgan fingerprint density at radius 1 is 1.67 bits per heavy atom. The Morgan fingerprint density at radius 3 is 3.13 bits per heavy atom. The predicted octanol–water partition coefficient (Wildman–Crippen LogP) is 1.67. The van der Waals surface area contributed by atoms with Crippen LogP contribution in [0, 0.1) is 0 Å². The zero-order valence-corrected chi connectivity index (χ0v) is 9.56. The fourth-order valence-corrected chi connectivity index (χ4v) is 1.71. The Labute approximate surface area is 94.2 Å². The molecule has 0 saturated heterocycles. The molecule has 6 heteroatoms. The maximum Gasteiger partial charge on any atom is 0.360 e. The molecule has 0 aliphatic heterocycles. The highest BCUT2D eigenvalue weighted by molar-refractivity contribution is 9.10. The minimum atomic E-state index is -0.449. The van der Waals surface area contributed by atoms with Gasteiger partial charge < -0.3 is 4.74 Å². The van der Waals surface area contributed by atoms with Crippen molar-refractivity contribution in [2.24, 2.45) is 0 Å². The van der Waals surface area contributed by atoms with Crippen LogP contribution in [0.15, 0.2) is 22.9 Å². The molecule has 78 valence electrons. The molecule has 0 unspecified atom stereocenters. The van der Waals surface area contributed by atoms with Crippen molar-refractivity contribution in [3.8, 4) is 0 Å². The van der Waals surface area contributed by atoms with Gasteiger partial charge in [0, 0.05) is 12.4 Å². The van der Waals surface area contributed by atoms with Gasteiger partial charge in [0.2, 0.25) is 0 Å². The molecule has 2 heterocycles. The van der Waals surface area contributed by atoms with E-state index in [1.807, 2.05) is 0 Å². The van der Waals surface area contributed by atoms with Gasteiger partial charge in [0.1, 0.15) is 0 Å². The number of nitrogens with zero attached hydrogens (tertiary/aromatic N) is 3. The third kappa shape index (κ3) is 1.72. The van der Waals surface area contributed by atoms with Crippen LogP contribution in [0.2, 0.25) is 0 Å². The minimum Gasteiger partial charge on any atom is -0.461 e. The summed E-state index contributed by atoms with van der Waals surface area (Å²) in [6.07, 6.45) is 3.35. The molecule has 0 saturated carbocycles. The summed E-state index contributed by atoms with van der Waals surface area (Å²) in [6, 6.07) is 1.74. The van der Waals surface area contributed by atoms with Crippen molar-refractivity contribution >= 4 is 27.5 Å². The first-order valence-corrected chi connectivity index (χ1v) is 5.19. The fourth-order valence-electron chi connectivity index (χ4n) is 1.19. The van der Waals surface area contributed by atoms with E-state index in [2.05, 4.69) is 26.0 Å². The van der Waals surface area contributed by atoms with Crippen molar-refractivity contribution < 1.29 is 9.53 Å². The van der Waals surface area contributed by atoms with E-state index in [1.165, 1.54) is 4.52 Å². The molecule has 0 fully saturated rings. The largest absolute Gasteiger partial charge is 0.461 e. The second-order valence-electron chi connectivity index (χ2n) is 2.77. The van der Waals surface area contributed by atoms with E-state index in [4.69, 9.17) is 4.74 Å². The van der Waals surface area contributed by atoms with Gasteiger partial charge in [-0.2, -0.15) is 5.10 Å². The Balaban J connectivity index is 2.53. The van der Waals surface area contributed by atoms with Crippen LogP contribution < -0.4 is 0 Å². The Hall–Kier alpha value is -1.43. The van der Waals surface area contributed by atoms with Crippen LogP contribution in [0.1, 0.15) is 17.4 Å². The van der Waals surface area contributed by atoms with Crippen molar-refractivity contribution in [3.05, 3.63) is 28.6 Å². The lowest BCUT2D eigenvalue weighted by molar-refractivity contribution is 0.0518. The summed E-state index contributed by atoms with van der Waals surface area (Å²) in [5.74, 6) is -0.449. The zero-order chi connectivity index (χ0) is 10.8. The van der Waals surface area contributed by atoms with E-state index in [0.717, 1.165) is 0 Å². The molecule has 0 bridgehead atoms. The number of ether oxygens (including phenoxy) is 1. The molecule has 0 aromatic carbocycles. The first-order chi connectivity index (χ1) is 7.24. The van der Waals surface area contributed by atoms with Gasteiger partial charge in [-0.05, 0) is 28.9 Å². The fraction of sp³-hybridized carbons (Fsp3) is 0.222. The number of halogens is 1. The highest BCUT2D eigenvalue weighted by atomic mass is 79.9. The summed E-state index contributed by atoms with van der Waals surface area (Å²) in [4.78, 5) is 15.6. The topological polar surface area (TPSA) is 56.5 Å². The molecular formula is C9H8BrN3O2. The van der Waals surface area contributed by atoms with Crippen molar-refractivity contribution in [1.82, 2.24) is 14.6 Å². The number of carbonyl (C=O) groups is 1. The summed E-state index contributed by atoms with van der Waals surface area (Å²) in [5.41, 5.74) is 0.844. The third-order valence-corrected chi connectivity index (χ3v) is 2.54. The number of rotatable bonds is 2. The van der Waals surface area contributed by atoms with Crippen molar-refractivity contribution in [2.45, 2.75) is 6.92 Å². The van der Waals surface area contributed by atoms with E-state index in [0.29, 0.717) is 16.7 Å². The van der Waals surface area contributed by atoms with Gasteiger partial charge in [-0.15, -0.1) is 0 Å². The van der Waals surface area contributed by atoms with Crippen LogP contribution in [0.25, 0.3) is 5.65 Å². The highest BCUT2D eigenvalue weighted by Crippen LogP contribution is 2.20. The molecule has 0 spiro atoms. The van der Waals surface area contributed by atoms with E-state index >= 15 is 0 Å². The molecule has 2 rings (SSSR count). The average molecular weight is 270 g/mol. The number of aromatic nitrogens is 3. The normalized spacial score (nSPS) is 10.5. The van der Waals surface area contributed by atoms with E-state index in [9.17, 15) is 4.79 Å². The van der Waals surface area contributed by atoms with E-state index in [-0.39, 0.29) is 5.69 Å². The summed E-state index contributed by atoms with van der Waals surface area (Å²) in [6.45, 7) is 2.08. The Morgan fingerprint density at radius 2 is 2.47 bits per heavy atom. The first-order valence-electron chi connectivity index (χ1n) is 4.40. The second kappa shape index (κ2) is 3.98. The highest BCUT2D eigenvalue weighted by Gasteiger charge is 2.18. The summed E-state index contributed by atoms with van der Waals surface area (Å²) in [5, 5.41) is 4.06. The van der Waals surface area contributed by atoms with Crippen LogP contribution >= 0.6 is 15.9 Å². The van der Waals surface area contributed by atoms with Crippen LogP contribution in [-0.2, 0) is 4.74 Å². The molecule has 2 aromatic rings. The van der Waals surface area contributed by atoms with Gasteiger partial charge in [0.25, 0.3) is 0 Å². The first kappa shape index (κ1) is 10.1. The van der Waals surface area contributed by atoms with Crippen LogP contribution in [0.3, 0.4) is 0 Å². The number of hydrogen-bond donors (Lipinski definition) is 0. The van der Waals surface area contributed by atoms with Gasteiger partial charge in [-0.3, -0.25) is 0 Å². The zero-order valence-electron chi connectivity index (χ0n) is 7.98. The molecular weight excluding hydrogens is 262 g/mol. The summed E-state index contributed by atoms with van der Waals surface area (Å²) in [7, 11) is 0. The van der Waals surface area contributed by atoms with E-state index < -0.39 is 5.97 Å². The average Bonchev–Trinajstić information content (AvgIpc) is 2.57. The van der Waals surface area contributed by atoms with Gasteiger partial charge in [-0.25, -0.2) is 14.3 Å². The Kier molecular flexibility index (Phi) is 2.68. The lowest BCUT2D eigenvalue weighted by Gasteiger charge is -1.96. The number of fused-ring (bicyclic) bond motifs is 1. The molecule has 5 nitrogen and oxygen atoms in total. The molecule has 0 N–H and O–H groups in total. The minimum absolute atomic E-state index is 0.246. The number of esters is 1. The molecule has 2 aromatic heterocycles. The van der Waals surface area contributed by atoms with Crippen molar-refractivity contribution in [1.29, 1.82) is 0 Å². The lowest BCUT2D eigenvalue weighted by Crippen LogP contribution is -2.06. The maximum atomic E-state index is 11.5. The smallest absolute Gasteiger partial charge is 0.360 e. The van der Waals surface area contributed by atoms with Crippen molar-refractivity contribution in [3.63, 3.8) is 0 Å². The quantitative estimate of drug-likeness (QED) is 0.779. The van der Waals surface area contributed by atoms with Gasteiger partial charge >= 0.3 is 5.97 Å². The van der Waals surface area contributed by atoms with Gasteiger partial charge in [-0.1, -0.05) is 0 Å². The maximum absolute atomic E-state index is 11.5. The molecule has 0 atom stereocenters. The standard InChI is InChI=1S/C9H8BrN3O2/c1-2-15-9(14)7-6(10)8-11-4-3-5-13(8)12-7/h3-5H,2H2,1H3.